The summed E-state index contributed by atoms with van der Waals surface area (Å²) in [5, 5.41) is 5.98. The highest BCUT2D eigenvalue weighted by Crippen LogP contribution is 2.44. The van der Waals surface area contributed by atoms with Gasteiger partial charge in [0.15, 0.2) is 0 Å². The number of amides is 5. The number of hydrazone groups is 1. The molecule has 1 aliphatic carbocycles. The van der Waals surface area contributed by atoms with Crippen molar-refractivity contribution in [2.45, 2.75) is 45.1 Å². The summed E-state index contributed by atoms with van der Waals surface area (Å²) in [5.41, 5.74) is 1.74. The summed E-state index contributed by atoms with van der Waals surface area (Å²) in [5.74, 6) is -1.28. The smallest absolute Gasteiger partial charge is 0.334 e. The van der Waals surface area contributed by atoms with Gasteiger partial charge in [-0.1, -0.05) is 13.3 Å². The Morgan fingerprint density at radius 1 is 1.11 bits per heavy atom. The molecule has 2 unspecified atom stereocenters. The van der Waals surface area contributed by atoms with Crippen molar-refractivity contribution in [1.82, 2.24) is 14.8 Å². The Balaban J connectivity index is 1.43. The molecule has 2 aliphatic heterocycles. The summed E-state index contributed by atoms with van der Waals surface area (Å²) < 4.78 is 11.1. The number of fused-ring (bicyclic) bond motifs is 1. The summed E-state index contributed by atoms with van der Waals surface area (Å²) in [6.45, 7) is 1.50. The first kappa shape index (κ1) is 22.8. The van der Waals surface area contributed by atoms with Crippen molar-refractivity contribution in [3.8, 4) is 0 Å². The zero-order chi connectivity index (χ0) is 24.5. The molecule has 10 heteroatoms. The van der Waals surface area contributed by atoms with Gasteiger partial charge in [0.05, 0.1) is 18.2 Å². The Morgan fingerprint density at radius 3 is 2.60 bits per heavy atom. The number of carbonyl (C=O) groups excluding carboxylic acids is 4. The quantitative estimate of drug-likeness (QED) is 0.444. The number of hydrogen-bond acceptors (Lipinski definition) is 7. The largest absolute Gasteiger partial charge is 0.467 e. The molecule has 0 radical (unpaired) electrons. The molecule has 0 spiro atoms. The van der Waals surface area contributed by atoms with E-state index in [1.165, 1.54) is 11.3 Å². The van der Waals surface area contributed by atoms with Gasteiger partial charge in [-0.3, -0.25) is 19.3 Å². The minimum Gasteiger partial charge on any atom is -0.467 e. The van der Waals surface area contributed by atoms with Crippen molar-refractivity contribution < 1.29 is 28.0 Å². The van der Waals surface area contributed by atoms with Crippen LogP contribution in [0, 0.1) is 5.92 Å². The molecule has 3 aliphatic rings. The van der Waals surface area contributed by atoms with E-state index in [4.69, 9.17) is 8.83 Å². The third-order valence-electron chi connectivity index (χ3n) is 6.62. The van der Waals surface area contributed by atoms with Crippen LogP contribution in [0.25, 0.3) is 6.08 Å². The van der Waals surface area contributed by atoms with Crippen LogP contribution in [0.15, 0.2) is 56.3 Å². The normalized spacial score (nSPS) is 23.5. The first-order valence-electron chi connectivity index (χ1n) is 11.8. The van der Waals surface area contributed by atoms with Crippen LogP contribution in [-0.4, -0.2) is 57.4 Å². The monoisotopic (exact) mass is 478 g/mol. The molecule has 10 nitrogen and oxygen atoms in total. The second kappa shape index (κ2) is 9.36. The Kier molecular flexibility index (Phi) is 6.10. The van der Waals surface area contributed by atoms with Crippen LogP contribution in [-0.2, 0) is 14.4 Å². The lowest BCUT2D eigenvalue weighted by Gasteiger charge is -2.28. The van der Waals surface area contributed by atoms with Gasteiger partial charge in [-0.15, -0.1) is 0 Å². The highest BCUT2D eigenvalue weighted by atomic mass is 16.3. The number of allylic oxidation sites excluding steroid dienone is 1. The molecular formula is C25H26N4O6. The lowest BCUT2D eigenvalue weighted by atomic mass is 9.79. The Morgan fingerprint density at radius 2 is 1.89 bits per heavy atom. The number of unbranched alkanes of at least 4 members (excludes halogenated alkanes) is 1. The number of carbonyl (C=O) groups is 4. The third-order valence-corrected chi connectivity index (χ3v) is 6.62. The number of rotatable bonds is 7. The van der Waals surface area contributed by atoms with E-state index in [0.717, 1.165) is 41.9 Å². The summed E-state index contributed by atoms with van der Waals surface area (Å²) in [4.78, 5) is 52.6. The molecule has 4 heterocycles. The predicted octanol–water partition coefficient (Wildman–Crippen LogP) is 3.59. The average Bonchev–Trinajstić information content (AvgIpc) is 3.64. The van der Waals surface area contributed by atoms with Gasteiger partial charge in [-0.05, 0) is 61.6 Å². The zero-order valence-corrected chi connectivity index (χ0v) is 19.4. The minimum atomic E-state index is -0.989. The van der Waals surface area contributed by atoms with Gasteiger partial charge < -0.3 is 8.83 Å². The minimum absolute atomic E-state index is 0.104. The van der Waals surface area contributed by atoms with Gasteiger partial charge in [0.2, 0.25) is 0 Å². The van der Waals surface area contributed by atoms with Crippen molar-refractivity contribution in [2.24, 2.45) is 11.0 Å². The second-order valence-corrected chi connectivity index (χ2v) is 8.85. The number of nitrogens with zero attached hydrogens (tertiary/aromatic N) is 4. The summed E-state index contributed by atoms with van der Waals surface area (Å²) >= 11 is 0. The van der Waals surface area contributed by atoms with Crippen molar-refractivity contribution in [2.75, 3.05) is 13.1 Å². The van der Waals surface area contributed by atoms with Crippen LogP contribution in [0.5, 0.6) is 0 Å². The van der Waals surface area contributed by atoms with Gasteiger partial charge in [0.25, 0.3) is 5.91 Å². The fraction of sp³-hybridized carbons (Fsp3) is 0.400. The van der Waals surface area contributed by atoms with Crippen molar-refractivity contribution in [3.63, 3.8) is 0 Å². The first-order chi connectivity index (χ1) is 17.0. The molecule has 0 aromatic carbocycles. The predicted molar refractivity (Wildman–Crippen MR) is 123 cm³/mol. The molecule has 2 atom stereocenters. The van der Waals surface area contributed by atoms with Gasteiger partial charge >= 0.3 is 17.8 Å². The number of imide groups is 2. The average molecular weight is 479 g/mol. The van der Waals surface area contributed by atoms with Crippen molar-refractivity contribution in [1.29, 1.82) is 0 Å². The zero-order valence-electron chi connectivity index (χ0n) is 19.4. The van der Waals surface area contributed by atoms with Gasteiger partial charge in [0, 0.05) is 12.5 Å². The fourth-order valence-electron chi connectivity index (χ4n) is 4.90. The van der Waals surface area contributed by atoms with Crippen LogP contribution >= 0.6 is 0 Å². The first-order valence-corrected chi connectivity index (χ1v) is 11.8. The molecule has 1 saturated carbocycles. The molecule has 1 saturated heterocycles. The summed E-state index contributed by atoms with van der Waals surface area (Å²) in [6.07, 6.45) is 8.89. The van der Waals surface area contributed by atoms with E-state index in [0.29, 0.717) is 22.8 Å². The molecule has 2 fully saturated rings. The van der Waals surface area contributed by atoms with Gasteiger partial charge in [-0.25, -0.2) is 14.7 Å². The highest BCUT2D eigenvalue weighted by Gasteiger charge is 2.49. The fourth-order valence-corrected chi connectivity index (χ4v) is 4.90. The van der Waals surface area contributed by atoms with Crippen LogP contribution in [0.2, 0.25) is 0 Å². The van der Waals surface area contributed by atoms with Crippen LogP contribution in [0.4, 0.5) is 4.79 Å². The Bertz CT molecular complexity index is 1200. The molecule has 5 rings (SSSR count). The molecule has 5 amide bonds. The second-order valence-electron chi connectivity index (χ2n) is 8.85. The summed E-state index contributed by atoms with van der Waals surface area (Å²) in [7, 11) is 0. The van der Waals surface area contributed by atoms with Crippen LogP contribution in [0.3, 0.4) is 0 Å². The van der Waals surface area contributed by atoms with E-state index in [2.05, 4.69) is 5.10 Å². The molecule has 2 aromatic heterocycles. The molecule has 182 valence electrons. The van der Waals surface area contributed by atoms with Crippen molar-refractivity contribution in [3.05, 3.63) is 53.9 Å². The van der Waals surface area contributed by atoms with Crippen LogP contribution in [0.1, 0.15) is 56.6 Å². The summed E-state index contributed by atoms with van der Waals surface area (Å²) in [6, 6.07) is 5.92. The van der Waals surface area contributed by atoms with Crippen molar-refractivity contribution >= 4 is 35.5 Å². The molecular weight excluding hydrogens is 452 g/mol. The maximum atomic E-state index is 13.5. The maximum Gasteiger partial charge on any atom is 0.334 e. The van der Waals surface area contributed by atoms with Gasteiger partial charge in [-0.2, -0.15) is 5.10 Å². The van der Waals surface area contributed by atoms with E-state index in [1.54, 1.807) is 24.5 Å². The molecule has 0 N–H and O–H groups in total. The third kappa shape index (κ3) is 4.09. The SMILES string of the molecule is CCCCN1C(=O)C(=O)N(CC(=O)N2N=C3C(=Cc4ccco4)CCCC3C2c2ccco2)C1=O. The van der Waals surface area contributed by atoms with E-state index < -0.39 is 36.3 Å². The van der Waals surface area contributed by atoms with Gasteiger partial charge in [0.1, 0.15) is 24.1 Å². The Labute approximate surface area is 201 Å². The molecule has 2 aromatic rings. The van der Waals surface area contributed by atoms with E-state index >= 15 is 0 Å². The maximum absolute atomic E-state index is 13.5. The topological polar surface area (TPSA) is 117 Å². The lowest BCUT2D eigenvalue weighted by molar-refractivity contribution is -0.145. The lowest BCUT2D eigenvalue weighted by Crippen LogP contribution is -2.42. The molecule has 35 heavy (non-hydrogen) atoms. The molecule has 0 bridgehead atoms. The highest BCUT2D eigenvalue weighted by molar-refractivity contribution is 6.45. The van der Waals surface area contributed by atoms with Crippen LogP contribution < -0.4 is 0 Å². The van der Waals surface area contributed by atoms with E-state index in [1.807, 2.05) is 19.1 Å². The standard InChI is InChI=1S/C25H26N4O6/c1-2-3-11-27-23(31)24(32)28(25(27)33)15-20(30)29-22(19-10-6-13-35-19)18-9-4-7-16(21(18)26-29)14-17-8-5-12-34-17/h5-6,8,10,12-14,18,22H,2-4,7,9,11,15H2,1H3. The van der Waals surface area contributed by atoms with E-state index in [-0.39, 0.29) is 12.5 Å². The van der Waals surface area contributed by atoms with E-state index in [9.17, 15) is 19.2 Å². The number of urea groups is 1. The number of furan rings is 2. The Hall–Kier alpha value is -3.95. The number of hydrogen-bond donors (Lipinski definition) is 0.